The number of amides is 2. The molecule has 284 valence electrons. The first-order valence-electron chi connectivity index (χ1n) is 15.3. The Labute approximate surface area is 323 Å². The molecule has 53 heavy (non-hydrogen) atoms. The van der Waals surface area contributed by atoms with Gasteiger partial charge in [-0.15, -0.1) is 0 Å². The van der Waals surface area contributed by atoms with E-state index in [4.69, 9.17) is 76.8 Å². The standard InChI is InChI=1S/C35H34Cl4N2O12/c1-50-28-11-18(5-9-26(28)52-34(48)20(15-30(40)46)13-24(44)32(36)37)3-7-22(42)17-23(43)8-4-19-6-10-27(29(12-19)51-2)53-35(49)21(16-31(41)47)14-25(45)33(38)39/h3-12,20-21,32-33H,13-17H2,1-2H3,(H2,40,46)(H2,41,47)/b7-3+,8-4+/t20-,21-/m0/s1. The molecule has 2 atom stereocenters. The molecule has 0 unspecified atom stereocenters. The average molecular weight is 816 g/mol. The minimum atomic E-state index is -1.41. The Morgan fingerprint density at radius 3 is 1.25 bits per heavy atom. The van der Waals surface area contributed by atoms with E-state index in [1.165, 1.54) is 74.9 Å². The number of alkyl halides is 4. The van der Waals surface area contributed by atoms with E-state index in [0.717, 1.165) is 0 Å². The topological polar surface area (TPSA) is 226 Å². The molecule has 0 saturated heterocycles. The van der Waals surface area contributed by atoms with Crippen molar-refractivity contribution in [1.29, 1.82) is 0 Å². The highest BCUT2D eigenvalue weighted by Crippen LogP contribution is 2.32. The number of ketones is 4. The third-order valence-electron chi connectivity index (χ3n) is 7.01. The second-order valence-electron chi connectivity index (χ2n) is 11.1. The zero-order chi connectivity index (χ0) is 39.8. The highest BCUT2D eigenvalue weighted by atomic mass is 35.5. The highest BCUT2D eigenvalue weighted by Gasteiger charge is 2.30. The van der Waals surface area contributed by atoms with Gasteiger partial charge in [-0.3, -0.25) is 38.4 Å². The van der Waals surface area contributed by atoms with E-state index in [1.807, 2.05) is 0 Å². The summed E-state index contributed by atoms with van der Waals surface area (Å²) >= 11 is 22.2. The Morgan fingerprint density at radius 2 is 0.943 bits per heavy atom. The van der Waals surface area contributed by atoms with Crippen molar-refractivity contribution in [1.82, 2.24) is 0 Å². The Hall–Kier alpha value is -4.76. The van der Waals surface area contributed by atoms with Crippen LogP contribution in [0, 0.1) is 11.8 Å². The van der Waals surface area contributed by atoms with Crippen LogP contribution in [0.2, 0.25) is 0 Å². The predicted molar refractivity (Wildman–Crippen MR) is 195 cm³/mol. The van der Waals surface area contributed by atoms with E-state index in [-0.39, 0.29) is 23.0 Å². The van der Waals surface area contributed by atoms with E-state index in [0.29, 0.717) is 11.1 Å². The summed E-state index contributed by atoms with van der Waals surface area (Å²) in [6, 6.07) is 8.58. The highest BCUT2D eigenvalue weighted by molar-refractivity contribution is 6.54. The number of hydrogen-bond donors (Lipinski definition) is 2. The summed E-state index contributed by atoms with van der Waals surface area (Å²) in [5.41, 5.74) is 11.3. The molecule has 0 aliphatic carbocycles. The van der Waals surface area contributed by atoms with E-state index in [2.05, 4.69) is 0 Å². The van der Waals surface area contributed by atoms with E-state index < -0.39 is 100 Å². The van der Waals surface area contributed by atoms with Crippen LogP contribution in [0.4, 0.5) is 0 Å². The van der Waals surface area contributed by atoms with Crippen LogP contribution in [0.15, 0.2) is 48.6 Å². The fourth-order valence-electron chi connectivity index (χ4n) is 4.42. The van der Waals surface area contributed by atoms with Crippen LogP contribution >= 0.6 is 46.4 Å². The number of primary amides is 2. The maximum atomic E-state index is 12.7. The van der Waals surface area contributed by atoms with Crippen LogP contribution in [0.3, 0.4) is 0 Å². The second kappa shape index (κ2) is 21.7. The Kier molecular flexibility index (Phi) is 18.2. The van der Waals surface area contributed by atoms with Gasteiger partial charge in [0.2, 0.25) is 11.8 Å². The molecule has 0 bridgehead atoms. The van der Waals surface area contributed by atoms with E-state index in [9.17, 15) is 38.4 Å². The molecule has 18 heteroatoms. The molecule has 0 fully saturated rings. The molecule has 0 aliphatic heterocycles. The monoisotopic (exact) mass is 814 g/mol. The summed E-state index contributed by atoms with van der Waals surface area (Å²) in [4.78, 5) is 94.4. The summed E-state index contributed by atoms with van der Waals surface area (Å²) in [5, 5.41) is 0. The summed E-state index contributed by atoms with van der Waals surface area (Å²) in [5.74, 6) is -8.47. The molecular weight excluding hydrogens is 782 g/mol. The number of allylic oxidation sites excluding steroid dienone is 2. The SMILES string of the molecule is COc1cc(/C=C/C(=O)CC(=O)/C=C/c2ccc(OC(=O)[C@H](CC(N)=O)CC(=O)C(Cl)Cl)c(OC)c2)ccc1OC(=O)[C@H](CC(N)=O)CC(=O)C(Cl)Cl. The van der Waals surface area contributed by atoms with Gasteiger partial charge in [-0.2, -0.15) is 0 Å². The van der Waals surface area contributed by atoms with Crippen molar-refractivity contribution >= 4 is 105 Å². The lowest BCUT2D eigenvalue weighted by Crippen LogP contribution is -2.29. The van der Waals surface area contributed by atoms with Gasteiger partial charge in [0, 0.05) is 25.7 Å². The number of methoxy groups -OCH3 is 2. The van der Waals surface area contributed by atoms with Crippen LogP contribution in [-0.4, -0.2) is 70.8 Å². The molecule has 14 nitrogen and oxygen atoms in total. The molecule has 0 radical (unpaired) electrons. The van der Waals surface area contributed by atoms with Crippen LogP contribution in [0.25, 0.3) is 12.2 Å². The number of halogens is 4. The lowest BCUT2D eigenvalue weighted by Gasteiger charge is -2.16. The van der Waals surface area contributed by atoms with Crippen molar-refractivity contribution in [3.8, 4) is 23.0 Å². The number of nitrogens with two attached hydrogens (primary N) is 2. The van der Waals surface area contributed by atoms with E-state index >= 15 is 0 Å². The zero-order valence-electron chi connectivity index (χ0n) is 28.2. The summed E-state index contributed by atoms with van der Waals surface area (Å²) < 4.78 is 21.2. The summed E-state index contributed by atoms with van der Waals surface area (Å²) in [6.07, 6.45) is 2.73. The number of esters is 2. The lowest BCUT2D eigenvalue weighted by atomic mass is 9.99. The molecule has 0 saturated carbocycles. The second-order valence-corrected chi connectivity index (χ2v) is 13.3. The number of carbonyl (C=O) groups excluding carboxylic acids is 8. The zero-order valence-corrected chi connectivity index (χ0v) is 31.2. The van der Waals surface area contributed by atoms with Gasteiger partial charge in [-0.25, -0.2) is 0 Å². The molecular formula is C35H34Cl4N2O12. The van der Waals surface area contributed by atoms with Crippen molar-refractivity contribution in [3.05, 3.63) is 59.7 Å². The molecule has 0 aromatic heterocycles. The quantitative estimate of drug-likeness (QED) is 0.0559. The molecule has 4 N–H and O–H groups in total. The molecule has 2 aromatic carbocycles. The first kappa shape index (κ1) is 44.4. The molecule has 0 spiro atoms. The number of rotatable bonds is 22. The predicted octanol–water partition coefficient (Wildman–Crippen LogP) is 4.28. The van der Waals surface area contributed by atoms with Gasteiger partial charge in [-0.1, -0.05) is 70.7 Å². The Bertz CT molecular complexity index is 1660. The third kappa shape index (κ3) is 15.4. The van der Waals surface area contributed by atoms with E-state index in [1.54, 1.807) is 0 Å². The molecule has 0 aliphatic rings. The van der Waals surface area contributed by atoms with Gasteiger partial charge in [-0.05, 0) is 47.5 Å². The molecule has 2 amide bonds. The average Bonchev–Trinajstić information content (AvgIpc) is 3.09. The fraction of sp³-hybridized carbons (Fsp3) is 0.314. The van der Waals surface area contributed by atoms with Crippen molar-refractivity contribution in [2.45, 2.75) is 41.8 Å². The van der Waals surface area contributed by atoms with Gasteiger partial charge < -0.3 is 30.4 Å². The van der Waals surface area contributed by atoms with Gasteiger partial charge >= 0.3 is 11.9 Å². The first-order valence-corrected chi connectivity index (χ1v) is 17.1. The number of benzene rings is 2. The maximum absolute atomic E-state index is 12.7. The minimum absolute atomic E-state index is 0.0460. The van der Waals surface area contributed by atoms with Crippen molar-refractivity contribution in [3.63, 3.8) is 0 Å². The minimum Gasteiger partial charge on any atom is -0.493 e. The van der Waals surface area contributed by atoms with Crippen molar-refractivity contribution in [2.75, 3.05) is 14.2 Å². The van der Waals surface area contributed by atoms with Gasteiger partial charge in [0.25, 0.3) is 0 Å². The van der Waals surface area contributed by atoms with Crippen LogP contribution in [0.5, 0.6) is 23.0 Å². The Morgan fingerprint density at radius 1 is 0.585 bits per heavy atom. The normalized spacial score (nSPS) is 12.4. The number of hydrogen-bond acceptors (Lipinski definition) is 12. The number of carbonyl (C=O) groups is 8. The number of ether oxygens (including phenoxy) is 4. The third-order valence-corrected chi connectivity index (χ3v) is 7.99. The van der Waals surface area contributed by atoms with Crippen molar-refractivity contribution in [2.24, 2.45) is 23.3 Å². The first-order chi connectivity index (χ1) is 24.9. The number of Topliss-reactive ketones (excluding diaryl/α,β-unsaturated/α-hetero) is 2. The lowest BCUT2D eigenvalue weighted by molar-refractivity contribution is -0.143. The summed E-state index contributed by atoms with van der Waals surface area (Å²) in [7, 11) is 2.60. The van der Waals surface area contributed by atoms with Crippen LogP contribution in [0.1, 0.15) is 43.2 Å². The van der Waals surface area contributed by atoms with Crippen LogP contribution < -0.4 is 30.4 Å². The fourth-order valence-corrected chi connectivity index (χ4v) is 4.78. The van der Waals surface area contributed by atoms with Crippen LogP contribution in [-0.2, 0) is 38.4 Å². The van der Waals surface area contributed by atoms with Crippen molar-refractivity contribution < 1.29 is 57.3 Å². The molecule has 0 heterocycles. The van der Waals surface area contributed by atoms with Gasteiger partial charge in [0.1, 0.15) is 0 Å². The smallest absolute Gasteiger partial charge is 0.315 e. The molecule has 2 aromatic rings. The maximum Gasteiger partial charge on any atom is 0.315 e. The Balaban J connectivity index is 2.07. The summed E-state index contributed by atoms with van der Waals surface area (Å²) in [6.45, 7) is 0. The molecule has 2 rings (SSSR count). The van der Waals surface area contributed by atoms with Gasteiger partial charge in [0.15, 0.2) is 55.8 Å². The van der Waals surface area contributed by atoms with Gasteiger partial charge in [0.05, 0.1) is 32.5 Å². The largest absolute Gasteiger partial charge is 0.493 e.